The van der Waals surface area contributed by atoms with Crippen LogP contribution in [0, 0.1) is 13.8 Å². The van der Waals surface area contributed by atoms with Crippen molar-refractivity contribution in [1.82, 2.24) is 14.9 Å². The van der Waals surface area contributed by atoms with Crippen LogP contribution >= 0.6 is 11.8 Å². The molecule has 0 radical (unpaired) electrons. The van der Waals surface area contributed by atoms with Gasteiger partial charge in [0.25, 0.3) is 0 Å². The largest absolute Gasteiger partial charge is 0.348 e. The van der Waals surface area contributed by atoms with Crippen LogP contribution in [0.2, 0.25) is 0 Å². The SMILES string of the molecule is CSc1nc(C)c(CCC(=O)N2CCCCC2C2OCCO2)c(C)n1. The lowest BCUT2D eigenvalue weighted by Gasteiger charge is -2.38. The van der Waals surface area contributed by atoms with Crippen LogP contribution in [0.15, 0.2) is 5.16 Å². The molecule has 0 bridgehead atoms. The number of carbonyl (C=O) groups is 1. The first-order valence-corrected chi connectivity index (χ1v) is 10.2. The summed E-state index contributed by atoms with van der Waals surface area (Å²) in [7, 11) is 0. The maximum absolute atomic E-state index is 12.9. The van der Waals surface area contributed by atoms with Gasteiger partial charge in [0.1, 0.15) is 0 Å². The zero-order valence-corrected chi connectivity index (χ0v) is 16.1. The van der Waals surface area contributed by atoms with Gasteiger partial charge in [-0.25, -0.2) is 9.97 Å². The van der Waals surface area contributed by atoms with Gasteiger partial charge in [-0.3, -0.25) is 4.79 Å². The van der Waals surface area contributed by atoms with E-state index in [0.717, 1.165) is 47.9 Å². The van der Waals surface area contributed by atoms with Gasteiger partial charge in [0.05, 0.1) is 19.3 Å². The molecule has 0 aromatic carbocycles. The van der Waals surface area contributed by atoms with Crippen LogP contribution in [-0.2, 0) is 20.7 Å². The van der Waals surface area contributed by atoms with Crippen LogP contribution in [0.5, 0.6) is 0 Å². The number of hydrogen-bond donors (Lipinski definition) is 0. The summed E-state index contributed by atoms with van der Waals surface area (Å²) >= 11 is 1.54. The number of aryl methyl sites for hydroxylation is 2. The molecule has 7 heteroatoms. The molecule has 1 unspecified atom stereocenters. The van der Waals surface area contributed by atoms with Crippen LogP contribution in [0.3, 0.4) is 0 Å². The number of hydrogen-bond acceptors (Lipinski definition) is 6. The van der Waals surface area contributed by atoms with Gasteiger partial charge in [0.2, 0.25) is 5.91 Å². The molecule has 0 N–H and O–H groups in total. The van der Waals surface area contributed by atoms with Crippen molar-refractivity contribution in [2.24, 2.45) is 0 Å². The first-order chi connectivity index (χ1) is 12.1. The van der Waals surface area contributed by atoms with E-state index in [0.29, 0.717) is 26.1 Å². The normalized spacial score (nSPS) is 21.7. The van der Waals surface area contributed by atoms with E-state index in [1.54, 1.807) is 11.8 Å². The highest BCUT2D eigenvalue weighted by atomic mass is 32.2. The van der Waals surface area contributed by atoms with E-state index in [1.807, 2.05) is 25.0 Å². The maximum Gasteiger partial charge on any atom is 0.223 e. The Kier molecular flexibility index (Phi) is 6.30. The second kappa shape index (κ2) is 8.47. The molecule has 2 fully saturated rings. The van der Waals surface area contributed by atoms with E-state index in [2.05, 4.69) is 9.97 Å². The number of aromatic nitrogens is 2. The lowest BCUT2D eigenvalue weighted by atomic mass is 9.99. The van der Waals surface area contributed by atoms with Crippen molar-refractivity contribution >= 4 is 17.7 Å². The molecule has 1 aromatic heterocycles. The fourth-order valence-electron chi connectivity index (χ4n) is 3.69. The third-order valence-electron chi connectivity index (χ3n) is 5.00. The lowest BCUT2D eigenvalue weighted by Crippen LogP contribution is -2.50. The Morgan fingerprint density at radius 1 is 1.20 bits per heavy atom. The Morgan fingerprint density at radius 2 is 1.88 bits per heavy atom. The van der Waals surface area contributed by atoms with E-state index >= 15 is 0 Å². The summed E-state index contributed by atoms with van der Waals surface area (Å²) in [5.74, 6) is 0.177. The number of ether oxygens (including phenoxy) is 2. The number of rotatable bonds is 5. The zero-order chi connectivity index (χ0) is 17.8. The van der Waals surface area contributed by atoms with E-state index in [-0.39, 0.29) is 18.2 Å². The second-order valence-corrected chi connectivity index (χ2v) is 7.39. The molecule has 2 saturated heterocycles. The van der Waals surface area contributed by atoms with Crippen molar-refractivity contribution in [1.29, 1.82) is 0 Å². The molecule has 0 aliphatic carbocycles. The van der Waals surface area contributed by atoms with Gasteiger partial charge < -0.3 is 14.4 Å². The number of nitrogens with zero attached hydrogens (tertiary/aromatic N) is 3. The molecule has 2 aliphatic rings. The summed E-state index contributed by atoms with van der Waals surface area (Å²) in [4.78, 5) is 23.8. The first kappa shape index (κ1) is 18.6. The molecule has 6 nitrogen and oxygen atoms in total. The van der Waals surface area contributed by atoms with Gasteiger partial charge in [-0.15, -0.1) is 0 Å². The van der Waals surface area contributed by atoms with Crippen molar-refractivity contribution < 1.29 is 14.3 Å². The molecule has 1 atom stereocenters. The van der Waals surface area contributed by atoms with Gasteiger partial charge in [0, 0.05) is 24.4 Å². The molecular weight excluding hydrogens is 338 g/mol. The number of likely N-dealkylation sites (tertiary alicyclic amines) is 1. The molecule has 0 spiro atoms. The van der Waals surface area contributed by atoms with Gasteiger partial charge >= 0.3 is 0 Å². The highest BCUT2D eigenvalue weighted by molar-refractivity contribution is 7.98. The van der Waals surface area contributed by atoms with Crippen molar-refractivity contribution in [3.8, 4) is 0 Å². The fraction of sp³-hybridized carbons (Fsp3) is 0.722. The van der Waals surface area contributed by atoms with Crippen LogP contribution in [0.25, 0.3) is 0 Å². The number of carbonyl (C=O) groups excluding carboxylic acids is 1. The number of piperidine rings is 1. The minimum atomic E-state index is -0.253. The second-order valence-electron chi connectivity index (χ2n) is 6.62. The quantitative estimate of drug-likeness (QED) is 0.590. The Morgan fingerprint density at radius 3 is 2.52 bits per heavy atom. The highest BCUT2D eigenvalue weighted by Gasteiger charge is 2.35. The number of amides is 1. The van der Waals surface area contributed by atoms with Gasteiger partial charge in [-0.05, 0) is 51.3 Å². The van der Waals surface area contributed by atoms with Crippen LogP contribution in [0.1, 0.15) is 42.6 Å². The summed E-state index contributed by atoms with van der Waals surface area (Å²) in [6.45, 7) is 6.05. The predicted octanol–water partition coefficient (Wildman–Crippen LogP) is 2.50. The molecule has 1 aromatic rings. The first-order valence-electron chi connectivity index (χ1n) is 9.01. The summed E-state index contributed by atoms with van der Waals surface area (Å²) < 4.78 is 11.3. The van der Waals surface area contributed by atoms with E-state index < -0.39 is 0 Å². The van der Waals surface area contributed by atoms with Crippen LogP contribution in [-0.4, -0.2) is 59.1 Å². The molecule has 138 valence electrons. The monoisotopic (exact) mass is 365 g/mol. The molecule has 3 heterocycles. The van der Waals surface area contributed by atoms with Gasteiger partial charge in [-0.1, -0.05) is 11.8 Å². The smallest absolute Gasteiger partial charge is 0.223 e. The predicted molar refractivity (Wildman–Crippen MR) is 96.7 cm³/mol. The van der Waals surface area contributed by atoms with Crippen LogP contribution < -0.4 is 0 Å². The molecule has 3 rings (SSSR count). The Hall–Kier alpha value is -1.18. The van der Waals surface area contributed by atoms with Gasteiger partial charge in [-0.2, -0.15) is 0 Å². The summed E-state index contributed by atoms with van der Waals surface area (Å²) in [5.41, 5.74) is 3.04. The van der Waals surface area contributed by atoms with Gasteiger partial charge in [0.15, 0.2) is 11.4 Å². The van der Waals surface area contributed by atoms with E-state index in [1.165, 1.54) is 0 Å². The third-order valence-corrected chi connectivity index (χ3v) is 5.55. The topological polar surface area (TPSA) is 64.6 Å². The Labute approximate surface area is 153 Å². The van der Waals surface area contributed by atoms with Crippen LogP contribution in [0.4, 0.5) is 0 Å². The maximum atomic E-state index is 12.9. The average molecular weight is 365 g/mol. The standard InChI is InChI=1S/C18H27N3O3S/c1-12-14(13(2)20-18(19-12)25-3)7-8-16(22)21-9-5-4-6-15(21)17-23-10-11-24-17/h15,17H,4-11H2,1-3H3. The Bertz CT molecular complexity index is 597. The van der Waals surface area contributed by atoms with Crippen molar-refractivity contribution in [3.63, 3.8) is 0 Å². The average Bonchev–Trinajstić information content (AvgIpc) is 3.15. The molecule has 25 heavy (non-hydrogen) atoms. The fourth-order valence-corrected chi connectivity index (χ4v) is 4.14. The molecule has 1 amide bonds. The molecule has 0 saturated carbocycles. The number of thioether (sulfide) groups is 1. The Balaban J connectivity index is 1.65. The molecular formula is C18H27N3O3S. The minimum Gasteiger partial charge on any atom is -0.348 e. The summed E-state index contributed by atoms with van der Waals surface area (Å²) in [6.07, 6.45) is 6.02. The highest BCUT2D eigenvalue weighted by Crippen LogP contribution is 2.26. The third kappa shape index (κ3) is 4.33. The minimum absolute atomic E-state index is 0.0565. The van der Waals surface area contributed by atoms with Crippen molar-refractivity contribution in [3.05, 3.63) is 17.0 Å². The van der Waals surface area contributed by atoms with Crippen molar-refractivity contribution in [2.45, 2.75) is 63.4 Å². The lowest BCUT2D eigenvalue weighted by molar-refractivity contribution is -0.150. The van der Waals surface area contributed by atoms with E-state index in [9.17, 15) is 4.79 Å². The summed E-state index contributed by atoms with van der Waals surface area (Å²) in [5, 5.41) is 0.789. The van der Waals surface area contributed by atoms with E-state index in [4.69, 9.17) is 9.47 Å². The van der Waals surface area contributed by atoms with Crippen molar-refractivity contribution in [2.75, 3.05) is 26.0 Å². The molecule has 2 aliphatic heterocycles. The zero-order valence-electron chi connectivity index (χ0n) is 15.3. The summed E-state index contributed by atoms with van der Waals surface area (Å²) in [6, 6.07) is 0.0565.